The number of furan rings is 2. The average Bonchev–Trinajstić information content (AvgIpc) is 3.88. The second-order valence-electron chi connectivity index (χ2n) is 13.1. The van der Waals surface area contributed by atoms with Crippen molar-refractivity contribution >= 4 is 71.4 Å². The fourth-order valence-electron chi connectivity index (χ4n) is 7.71. The first-order valence-electron chi connectivity index (χ1n) is 17.1. The smallest absolute Gasteiger partial charge is 0.164 e. The lowest BCUT2D eigenvalue weighted by Crippen LogP contribution is -2.11. The van der Waals surface area contributed by atoms with Crippen LogP contribution in [0.25, 0.3) is 93.9 Å². The lowest BCUT2D eigenvalue weighted by molar-refractivity contribution is 0.668. The summed E-state index contributed by atoms with van der Waals surface area (Å²) in [6, 6.07) is 45.9. The van der Waals surface area contributed by atoms with E-state index in [2.05, 4.69) is 91.0 Å². The molecule has 1 unspecified atom stereocenters. The molecule has 51 heavy (non-hydrogen) atoms. The summed E-state index contributed by atoms with van der Waals surface area (Å²) in [5.74, 6) is 2.05. The lowest BCUT2D eigenvalue weighted by atomic mass is 9.91. The normalized spacial score (nSPS) is 14.3. The number of allylic oxidation sites excluding steroid dienone is 1. The molecule has 10 aromatic rings. The Morgan fingerprint density at radius 1 is 0.529 bits per heavy atom. The van der Waals surface area contributed by atoms with E-state index in [1.165, 1.54) is 20.5 Å². The Morgan fingerprint density at radius 3 is 2.10 bits per heavy atom. The molecule has 1 atom stereocenters. The summed E-state index contributed by atoms with van der Waals surface area (Å²) < 4.78 is 14.1. The van der Waals surface area contributed by atoms with Gasteiger partial charge in [-0.2, -0.15) is 0 Å². The molecule has 0 saturated heterocycles. The standard InChI is InChI=1S/C45H27N3O2S/c1-2-10-26(11-3-1)43-46-44(28-21-23-40-34(24-28)32-13-5-7-19-39(32)51-40)48-45(47-43)33-15-9-18-37-42(33)41-29(14-8-17-36(41)50-37)27-20-22-31-30-12-4-6-16-35(30)49-38(31)25-27/h1-23,25,28H,24H2. The van der Waals surface area contributed by atoms with Crippen molar-refractivity contribution in [2.24, 2.45) is 0 Å². The van der Waals surface area contributed by atoms with Gasteiger partial charge in [0.05, 0.1) is 0 Å². The molecule has 0 amide bonds. The third kappa shape index (κ3) is 4.50. The summed E-state index contributed by atoms with van der Waals surface area (Å²) in [4.78, 5) is 16.9. The number of nitrogens with zero attached hydrogens (tertiary/aromatic N) is 3. The molecule has 6 aromatic carbocycles. The summed E-state index contributed by atoms with van der Waals surface area (Å²) in [6.07, 6.45) is 5.34. The molecule has 1 aliphatic rings. The van der Waals surface area contributed by atoms with E-state index in [9.17, 15) is 0 Å². The molecule has 4 heterocycles. The number of aromatic nitrogens is 3. The highest BCUT2D eigenvalue weighted by Crippen LogP contribution is 2.43. The molecule has 240 valence electrons. The van der Waals surface area contributed by atoms with Gasteiger partial charge in [0.1, 0.15) is 28.2 Å². The highest BCUT2D eigenvalue weighted by Gasteiger charge is 2.25. The first-order chi connectivity index (χ1) is 25.2. The minimum Gasteiger partial charge on any atom is -0.456 e. The first-order valence-corrected chi connectivity index (χ1v) is 17.9. The molecule has 1 aliphatic carbocycles. The third-order valence-electron chi connectivity index (χ3n) is 10.1. The molecule has 11 rings (SSSR count). The van der Waals surface area contributed by atoms with Crippen LogP contribution in [-0.2, 0) is 6.42 Å². The summed E-state index contributed by atoms with van der Waals surface area (Å²) >= 11 is 1.85. The molecular formula is C45H27N3O2S. The maximum Gasteiger partial charge on any atom is 0.164 e. The van der Waals surface area contributed by atoms with Crippen LogP contribution in [-0.4, -0.2) is 15.0 Å². The van der Waals surface area contributed by atoms with E-state index >= 15 is 0 Å². The summed E-state index contributed by atoms with van der Waals surface area (Å²) in [6.45, 7) is 0. The number of rotatable bonds is 4. The zero-order chi connectivity index (χ0) is 33.5. The van der Waals surface area contributed by atoms with Crippen molar-refractivity contribution in [3.05, 3.63) is 156 Å². The van der Waals surface area contributed by atoms with E-state index in [1.54, 1.807) is 0 Å². The van der Waals surface area contributed by atoms with Gasteiger partial charge in [-0.15, -0.1) is 11.3 Å². The van der Waals surface area contributed by atoms with E-state index < -0.39 is 0 Å². The second kappa shape index (κ2) is 11.1. The average molecular weight is 674 g/mol. The molecule has 0 N–H and O–H groups in total. The Kier molecular flexibility index (Phi) is 6.18. The fraction of sp³-hybridized carbons (Fsp3) is 0.0444. The minimum absolute atomic E-state index is 0.00566. The largest absolute Gasteiger partial charge is 0.456 e. The van der Waals surface area contributed by atoms with Crippen LogP contribution in [0.1, 0.15) is 22.2 Å². The number of hydrogen-bond acceptors (Lipinski definition) is 6. The van der Waals surface area contributed by atoms with E-state index in [4.69, 9.17) is 23.8 Å². The van der Waals surface area contributed by atoms with Gasteiger partial charge in [-0.25, -0.2) is 15.0 Å². The summed E-state index contributed by atoms with van der Waals surface area (Å²) in [7, 11) is 0. The van der Waals surface area contributed by atoms with Crippen LogP contribution in [0.2, 0.25) is 0 Å². The lowest BCUT2D eigenvalue weighted by Gasteiger charge is -2.18. The molecule has 0 spiro atoms. The Bertz CT molecular complexity index is 3020. The van der Waals surface area contributed by atoms with Gasteiger partial charge in [-0.1, -0.05) is 103 Å². The maximum atomic E-state index is 6.54. The number of fused-ring (bicyclic) bond motifs is 9. The maximum absolute atomic E-state index is 6.54. The van der Waals surface area contributed by atoms with Gasteiger partial charge in [0.2, 0.25) is 0 Å². The van der Waals surface area contributed by atoms with Crippen LogP contribution in [0.5, 0.6) is 0 Å². The van der Waals surface area contributed by atoms with Gasteiger partial charge in [-0.3, -0.25) is 0 Å². The van der Waals surface area contributed by atoms with Gasteiger partial charge in [-0.05, 0) is 71.0 Å². The van der Waals surface area contributed by atoms with Crippen LogP contribution in [0.15, 0.2) is 148 Å². The van der Waals surface area contributed by atoms with E-state index in [-0.39, 0.29) is 5.92 Å². The van der Waals surface area contributed by atoms with Crippen molar-refractivity contribution in [1.29, 1.82) is 0 Å². The van der Waals surface area contributed by atoms with Crippen molar-refractivity contribution in [3.63, 3.8) is 0 Å². The molecule has 5 nitrogen and oxygen atoms in total. The summed E-state index contributed by atoms with van der Waals surface area (Å²) in [5, 5.41) is 5.53. The van der Waals surface area contributed by atoms with Crippen molar-refractivity contribution in [2.75, 3.05) is 0 Å². The van der Waals surface area contributed by atoms with Gasteiger partial charge >= 0.3 is 0 Å². The Balaban J connectivity index is 1.11. The number of benzene rings is 6. The topological polar surface area (TPSA) is 65.0 Å². The SMILES string of the molecule is C1=CC(c2nc(-c3ccccc3)nc(-c3cccc4oc5cccc(-c6ccc7c(c6)oc6ccccc67)c5c34)n2)Cc2c1sc1ccccc21. The third-order valence-corrected chi connectivity index (χ3v) is 11.3. The Morgan fingerprint density at radius 2 is 1.22 bits per heavy atom. The van der Waals surface area contributed by atoms with Crippen molar-refractivity contribution in [3.8, 4) is 33.9 Å². The minimum atomic E-state index is 0.00566. The van der Waals surface area contributed by atoms with Crippen LogP contribution >= 0.6 is 11.3 Å². The number of thiophene rings is 1. The highest BCUT2D eigenvalue weighted by molar-refractivity contribution is 7.20. The summed E-state index contributed by atoms with van der Waals surface area (Å²) in [5.41, 5.74) is 8.67. The van der Waals surface area contributed by atoms with Crippen LogP contribution in [0, 0.1) is 0 Å². The molecule has 0 radical (unpaired) electrons. The van der Waals surface area contributed by atoms with Gasteiger partial charge in [0.15, 0.2) is 11.6 Å². The molecule has 0 saturated carbocycles. The van der Waals surface area contributed by atoms with Crippen molar-refractivity contribution in [1.82, 2.24) is 15.0 Å². The van der Waals surface area contributed by atoms with Crippen molar-refractivity contribution in [2.45, 2.75) is 12.3 Å². The van der Waals surface area contributed by atoms with Crippen LogP contribution in [0.3, 0.4) is 0 Å². The predicted octanol–water partition coefficient (Wildman–Crippen LogP) is 12.2. The van der Waals surface area contributed by atoms with E-state index in [1.807, 2.05) is 65.9 Å². The van der Waals surface area contributed by atoms with Crippen molar-refractivity contribution < 1.29 is 8.83 Å². The zero-order valence-corrected chi connectivity index (χ0v) is 28.0. The van der Waals surface area contributed by atoms with Gasteiger partial charge in [0, 0.05) is 48.2 Å². The first kappa shape index (κ1) is 28.5. The Hall–Kier alpha value is -6.37. The number of para-hydroxylation sites is 1. The van der Waals surface area contributed by atoms with Crippen LogP contribution < -0.4 is 0 Å². The molecular weight excluding hydrogens is 647 g/mol. The molecule has 4 aromatic heterocycles. The molecule has 6 heteroatoms. The predicted molar refractivity (Wildman–Crippen MR) is 208 cm³/mol. The molecule has 0 fully saturated rings. The van der Waals surface area contributed by atoms with Gasteiger partial charge < -0.3 is 8.83 Å². The molecule has 0 bridgehead atoms. The second-order valence-corrected chi connectivity index (χ2v) is 14.2. The van der Waals surface area contributed by atoms with Crippen LogP contribution in [0.4, 0.5) is 0 Å². The van der Waals surface area contributed by atoms with Gasteiger partial charge in [0.25, 0.3) is 0 Å². The molecule has 0 aliphatic heterocycles. The zero-order valence-electron chi connectivity index (χ0n) is 27.2. The van der Waals surface area contributed by atoms with E-state index in [0.717, 1.165) is 78.4 Å². The fourth-order valence-corrected chi connectivity index (χ4v) is 8.86. The highest BCUT2D eigenvalue weighted by atomic mass is 32.1. The van der Waals surface area contributed by atoms with E-state index in [0.29, 0.717) is 11.6 Å². The Labute approximate surface area is 296 Å². The number of hydrogen-bond donors (Lipinski definition) is 0. The monoisotopic (exact) mass is 673 g/mol. The quantitative estimate of drug-likeness (QED) is 0.186.